The van der Waals surface area contributed by atoms with Crippen molar-refractivity contribution in [3.8, 4) is 17.2 Å². The van der Waals surface area contributed by atoms with Gasteiger partial charge in [0.05, 0.1) is 46.5 Å². The highest BCUT2D eigenvalue weighted by Crippen LogP contribution is 2.36. The first-order valence-electron chi connectivity index (χ1n) is 13.5. The van der Waals surface area contributed by atoms with Gasteiger partial charge in [-0.25, -0.2) is 9.79 Å². The van der Waals surface area contributed by atoms with Crippen LogP contribution >= 0.6 is 34.5 Å². The normalized spacial score (nSPS) is 14.4. The topological polar surface area (TPSA) is 88.4 Å². The molecule has 0 amide bonds. The first-order chi connectivity index (χ1) is 20.8. The van der Waals surface area contributed by atoms with E-state index in [-0.39, 0.29) is 11.1 Å². The van der Waals surface area contributed by atoms with E-state index in [1.54, 1.807) is 36.4 Å². The summed E-state index contributed by atoms with van der Waals surface area (Å²) in [6, 6.07) is 17.6. The van der Waals surface area contributed by atoms with E-state index < -0.39 is 12.0 Å². The number of halogens is 2. The van der Waals surface area contributed by atoms with Crippen LogP contribution in [0.4, 0.5) is 0 Å². The minimum Gasteiger partial charge on any atom is -0.490 e. The summed E-state index contributed by atoms with van der Waals surface area (Å²) in [6.45, 7) is 4.91. The molecular weight excluding hydrogens is 611 g/mol. The van der Waals surface area contributed by atoms with Crippen LogP contribution in [0.1, 0.15) is 36.6 Å². The Morgan fingerprint density at radius 1 is 0.977 bits per heavy atom. The van der Waals surface area contributed by atoms with E-state index in [1.807, 2.05) is 44.2 Å². The molecule has 1 aromatic heterocycles. The zero-order valence-corrected chi connectivity index (χ0v) is 26.0. The lowest BCUT2D eigenvalue weighted by atomic mass is 9.97. The predicted octanol–water partition coefficient (Wildman–Crippen LogP) is 5.70. The Labute approximate surface area is 262 Å². The molecule has 1 aliphatic heterocycles. The molecular formula is C32H28Cl2N2O6S. The number of ether oxygens (including phenoxy) is 4. The molecule has 0 saturated heterocycles. The molecule has 43 heavy (non-hydrogen) atoms. The molecule has 5 rings (SSSR count). The zero-order chi connectivity index (χ0) is 30.5. The van der Waals surface area contributed by atoms with Crippen LogP contribution in [0.15, 0.2) is 82.2 Å². The van der Waals surface area contributed by atoms with Gasteiger partial charge in [-0.3, -0.25) is 9.36 Å². The largest absolute Gasteiger partial charge is 0.490 e. The molecule has 0 radical (unpaired) electrons. The molecule has 8 nitrogen and oxygen atoms in total. The van der Waals surface area contributed by atoms with Crippen molar-refractivity contribution >= 4 is 46.6 Å². The summed E-state index contributed by atoms with van der Waals surface area (Å²) in [7, 11) is 1.29. The minimum atomic E-state index is -0.804. The fraction of sp³-hybridized carbons (Fsp3) is 0.219. The Bertz CT molecular complexity index is 1840. The van der Waals surface area contributed by atoms with Crippen LogP contribution in [0.2, 0.25) is 10.0 Å². The average molecular weight is 640 g/mol. The lowest BCUT2D eigenvalue weighted by Crippen LogP contribution is -2.39. The van der Waals surface area contributed by atoms with Crippen LogP contribution in [-0.2, 0) is 16.1 Å². The molecule has 0 N–H and O–H groups in total. The number of aromatic nitrogens is 1. The zero-order valence-electron chi connectivity index (χ0n) is 23.6. The van der Waals surface area contributed by atoms with Gasteiger partial charge in [-0.1, -0.05) is 70.9 Å². The minimum absolute atomic E-state index is 0.207. The summed E-state index contributed by atoms with van der Waals surface area (Å²) >= 11 is 14.3. The predicted molar refractivity (Wildman–Crippen MR) is 167 cm³/mol. The highest BCUT2D eigenvalue weighted by atomic mass is 35.5. The van der Waals surface area contributed by atoms with Crippen molar-refractivity contribution in [2.75, 3.05) is 20.3 Å². The van der Waals surface area contributed by atoms with E-state index in [0.717, 1.165) is 5.56 Å². The Morgan fingerprint density at radius 3 is 2.35 bits per heavy atom. The molecule has 11 heteroatoms. The van der Waals surface area contributed by atoms with Gasteiger partial charge in [-0.15, -0.1) is 0 Å². The maximum Gasteiger partial charge on any atom is 0.337 e. The third kappa shape index (κ3) is 6.49. The number of esters is 1. The molecule has 4 aromatic rings. The van der Waals surface area contributed by atoms with Crippen molar-refractivity contribution in [2.45, 2.75) is 26.5 Å². The van der Waals surface area contributed by atoms with Crippen molar-refractivity contribution in [1.82, 2.24) is 4.57 Å². The van der Waals surface area contributed by atoms with Gasteiger partial charge < -0.3 is 18.9 Å². The number of benzene rings is 3. The van der Waals surface area contributed by atoms with Crippen molar-refractivity contribution in [3.05, 3.63) is 119 Å². The quantitative estimate of drug-likeness (QED) is 0.207. The first kappa shape index (κ1) is 30.4. The van der Waals surface area contributed by atoms with Gasteiger partial charge >= 0.3 is 5.97 Å². The molecule has 0 unspecified atom stereocenters. The smallest absolute Gasteiger partial charge is 0.337 e. The van der Waals surface area contributed by atoms with E-state index in [0.29, 0.717) is 67.6 Å². The standard InChI is InChI=1S/C32H28Cl2N2O6S/c1-4-40-25-12-11-21(16-26(25)41-5-2)28-22(31(38)39-3)17-35-32-36(28)30(37)27(43-32)15-20-13-23(33)29(24(34)14-20)42-18-19-9-7-6-8-10-19/h6-17,28H,4-5,18H2,1-3H3/b27-15-/t28-/m1/s1. The van der Waals surface area contributed by atoms with Gasteiger partial charge in [0.15, 0.2) is 22.0 Å². The second kappa shape index (κ2) is 13.5. The number of thiazole rings is 1. The van der Waals surface area contributed by atoms with E-state index in [4.69, 9.17) is 42.1 Å². The Hall–Kier alpha value is -4.05. The van der Waals surface area contributed by atoms with Crippen molar-refractivity contribution in [1.29, 1.82) is 0 Å². The van der Waals surface area contributed by atoms with E-state index in [2.05, 4.69) is 4.99 Å². The molecule has 0 aliphatic carbocycles. The van der Waals surface area contributed by atoms with Crippen molar-refractivity contribution in [2.24, 2.45) is 4.99 Å². The molecule has 0 bridgehead atoms. The number of nitrogens with zero attached hydrogens (tertiary/aromatic N) is 2. The maximum absolute atomic E-state index is 13.9. The van der Waals surface area contributed by atoms with Gasteiger partial charge in [-0.05, 0) is 60.9 Å². The van der Waals surface area contributed by atoms with Crippen molar-refractivity contribution < 1.29 is 23.7 Å². The molecule has 222 valence electrons. The number of carbonyl (C=O) groups excluding carboxylic acids is 1. The van der Waals surface area contributed by atoms with Gasteiger partial charge in [0.1, 0.15) is 6.61 Å². The second-order valence-corrected chi connectivity index (χ2v) is 11.2. The van der Waals surface area contributed by atoms with E-state index in [1.165, 1.54) is 29.2 Å². The Kier molecular flexibility index (Phi) is 9.55. The Balaban J connectivity index is 1.55. The monoisotopic (exact) mass is 638 g/mol. The van der Waals surface area contributed by atoms with E-state index >= 15 is 0 Å². The number of methoxy groups -OCH3 is 1. The summed E-state index contributed by atoms with van der Waals surface area (Å²) in [4.78, 5) is 31.6. The molecule has 0 spiro atoms. The summed E-state index contributed by atoms with van der Waals surface area (Å²) in [5.41, 5.74) is 2.08. The van der Waals surface area contributed by atoms with E-state index in [9.17, 15) is 9.59 Å². The number of fused-ring (bicyclic) bond motifs is 1. The van der Waals surface area contributed by atoms with Crippen LogP contribution in [0.3, 0.4) is 0 Å². The SMILES string of the molecule is CCOc1ccc([C@@H]2C(C(=O)OC)=CN=c3s/c(=C\c4cc(Cl)c(OCc5ccccc5)c(Cl)c4)c(=O)n32)cc1OCC. The number of rotatable bonds is 10. The molecule has 2 heterocycles. The second-order valence-electron chi connectivity index (χ2n) is 9.34. The summed E-state index contributed by atoms with van der Waals surface area (Å²) in [5, 5.41) is 0.623. The first-order valence-corrected chi connectivity index (χ1v) is 15.1. The Morgan fingerprint density at radius 2 is 1.67 bits per heavy atom. The fourth-order valence-corrected chi connectivity index (χ4v) is 6.25. The highest BCUT2D eigenvalue weighted by molar-refractivity contribution is 7.07. The molecule has 0 fully saturated rings. The maximum atomic E-state index is 13.9. The summed E-state index contributed by atoms with van der Waals surface area (Å²) in [5.74, 6) is 0.826. The van der Waals surface area contributed by atoms with Crippen molar-refractivity contribution in [3.63, 3.8) is 0 Å². The van der Waals surface area contributed by atoms with Crippen LogP contribution < -0.4 is 29.1 Å². The van der Waals surface area contributed by atoms with Gasteiger partial charge in [0, 0.05) is 6.20 Å². The van der Waals surface area contributed by atoms with Crippen LogP contribution in [0.5, 0.6) is 17.2 Å². The van der Waals surface area contributed by atoms with Gasteiger partial charge in [-0.2, -0.15) is 0 Å². The average Bonchev–Trinajstić information content (AvgIpc) is 3.32. The third-order valence-electron chi connectivity index (χ3n) is 6.55. The number of carbonyl (C=O) groups is 1. The molecule has 3 aromatic carbocycles. The van der Waals surface area contributed by atoms with Gasteiger partial charge in [0.25, 0.3) is 5.56 Å². The van der Waals surface area contributed by atoms with Crippen LogP contribution in [-0.4, -0.2) is 30.9 Å². The van der Waals surface area contributed by atoms with Crippen LogP contribution in [0, 0.1) is 0 Å². The molecule has 0 saturated carbocycles. The lowest BCUT2D eigenvalue weighted by Gasteiger charge is -2.23. The molecule has 1 atom stereocenters. The lowest BCUT2D eigenvalue weighted by molar-refractivity contribution is -0.136. The third-order valence-corrected chi connectivity index (χ3v) is 8.11. The fourth-order valence-electron chi connectivity index (χ4n) is 4.67. The highest BCUT2D eigenvalue weighted by Gasteiger charge is 2.31. The number of hydrogen-bond acceptors (Lipinski definition) is 8. The van der Waals surface area contributed by atoms with Crippen LogP contribution in [0.25, 0.3) is 6.08 Å². The number of hydrogen-bond donors (Lipinski definition) is 0. The molecule has 1 aliphatic rings. The van der Waals surface area contributed by atoms with Gasteiger partial charge in [0.2, 0.25) is 0 Å². The summed E-state index contributed by atoms with van der Waals surface area (Å²) < 4.78 is 24.3. The summed E-state index contributed by atoms with van der Waals surface area (Å²) in [6.07, 6.45) is 3.13.